The maximum Gasteiger partial charge on any atom is 0.230 e. The largest absolute Gasteiger partial charge is 0.487 e. The Kier molecular flexibility index (Phi) is 8.44. The molecule has 1 N–H and O–H groups in total. The molecule has 0 atom stereocenters. The van der Waals surface area contributed by atoms with E-state index in [1.165, 1.54) is 12.1 Å². The van der Waals surface area contributed by atoms with Gasteiger partial charge in [-0.3, -0.25) is 0 Å². The predicted octanol–water partition coefficient (Wildman–Crippen LogP) is 5.31. The highest BCUT2D eigenvalue weighted by atomic mass is 35.5. The lowest BCUT2D eigenvalue weighted by Crippen LogP contribution is -2.28. The third-order valence-corrected chi connectivity index (χ3v) is 4.95. The van der Waals surface area contributed by atoms with Crippen molar-refractivity contribution in [1.82, 2.24) is 14.9 Å². The molecule has 0 saturated heterocycles. The van der Waals surface area contributed by atoms with Crippen LogP contribution in [0.5, 0.6) is 11.6 Å². The molecule has 0 amide bonds. The number of hydrogen-bond acceptors (Lipinski definition) is 6. The standard InChI is InChI=1S/C23H26ClFN4O2/c1-3-29(4-2)12-13-30-22-10-11-26-23(28-22)27-19-8-9-21(20(24)15-19)31-16-17-6-5-7-18(25)14-17/h5-11,14-15H,3-4,12-13,16H2,1-2H3,(H,26,27,28). The molecule has 0 radical (unpaired) electrons. The molecule has 0 saturated carbocycles. The zero-order valence-electron chi connectivity index (χ0n) is 17.6. The third-order valence-electron chi connectivity index (χ3n) is 4.65. The van der Waals surface area contributed by atoms with E-state index in [9.17, 15) is 4.39 Å². The Morgan fingerprint density at radius 1 is 1.06 bits per heavy atom. The monoisotopic (exact) mass is 444 g/mol. The Balaban J connectivity index is 1.57. The SMILES string of the molecule is CCN(CC)CCOc1ccnc(Nc2ccc(OCc3cccc(F)c3)c(Cl)c2)n1. The van der Waals surface area contributed by atoms with Crippen LogP contribution in [-0.4, -0.2) is 41.1 Å². The second-order valence-electron chi connectivity index (χ2n) is 6.78. The van der Waals surface area contributed by atoms with Gasteiger partial charge in [-0.15, -0.1) is 0 Å². The predicted molar refractivity (Wildman–Crippen MR) is 121 cm³/mol. The van der Waals surface area contributed by atoms with E-state index in [1.807, 2.05) is 6.07 Å². The maximum atomic E-state index is 13.3. The topological polar surface area (TPSA) is 59.5 Å². The van der Waals surface area contributed by atoms with Gasteiger partial charge in [-0.2, -0.15) is 4.98 Å². The number of halogens is 2. The van der Waals surface area contributed by atoms with Crippen LogP contribution >= 0.6 is 11.6 Å². The van der Waals surface area contributed by atoms with Crippen LogP contribution in [0.2, 0.25) is 5.02 Å². The molecule has 2 aromatic carbocycles. The molecule has 0 aliphatic carbocycles. The number of ether oxygens (including phenoxy) is 2. The molecule has 6 nitrogen and oxygen atoms in total. The van der Waals surface area contributed by atoms with Crippen molar-refractivity contribution in [3.63, 3.8) is 0 Å². The minimum absolute atomic E-state index is 0.222. The number of aromatic nitrogens is 2. The molecule has 164 valence electrons. The van der Waals surface area contributed by atoms with Gasteiger partial charge in [-0.25, -0.2) is 9.37 Å². The van der Waals surface area contributed by atoms with Crippen LogP contribution in [-0.2, 0) is 6.61 Å². The third kappa shape index (κ3) is 7.08. The first-order valence-corrected chi connectivity index (χ1v) is 10.6. The van der Waals surface area contributed by atoms with E-state index < -0.39 is 0 Å². The first-order chi connectivity index (χ1) is 15.1. The lowest BCUT2D eigenvalue weighted by Gasteiger charge is -2.17. The van der Waals surface area contributed by atoms with Crippen molar-refractivity contribution < 1.29 is 13.9 Å². The minimum Gasteiger partial charge on any atom is -0.487 e. The minimum atomic E-state index is -0.300. The highest BCUT2D eigenvalue weighted by Crippen LogP contribution is 2.29. The van der Waals surface area contributed by atoms with E-state index >= 15 is 0 Å². The summed E-state index contributed by atoms with van der Waals surface area (Å²) in [5, 5.41) is 3.54. The summed E-state index contributed by atoms with van der Waals surface area (Å²) in [7, 11) is 0. The van der Waals surface area contributed by atoms with E-state index in [1.54, 1.807) is 36.5 Å². The Hall–Kier alpha value is -2.90. The number of rotatable bonds is 11. The Morgan fingerprint density at radius 2 is 1.90 bits per heavy atom. The molecular formula is C23H26ClFN4O2. The van der Waals surface area contributed by atoms with Gasteiger partial charge in [0.15, 0.2) is 0 Å². The van der Waals surface area contributed by atoms with Crippen LogP contribution in [0.3, 0.4) is 0 Å². The normalized spacial score (nSPS) is 10.9. The molecule has 0 aliphatic rings. The van der Waals surface area contributed by atoms with Gasteiger partial charge in [0.05, 0.1) is 5.02 Å². The van der Waals surface area contributed by atoms with Crippen LogP contribution in [0.4, 0.5) is 16.0 Å². The number of nitrogens with zero attached hydrogens (tertiary/aromatic N) is 3. The second kappa shape index (κ2) is 11.5. The van der Waals surface area contributed by atoms with E-state index in [-0.39, 0.29) is 12.4 Å². The van der Waals surface area contributed by atoms with Gasteiger partial charge in [-0.05, 0) is 49.0 Å². The summed E-state index contributed by atoms with van der Waals surface area (Å²) in [6, 6.07) is 13.3. The van der Waals surface area contributed by atoms with Crippen molar-refractivity contribution in [2.75, 3.05) is 31.6 Å². The van der Waals surface area contributed by atoms with Gasteiger partial charge in [0.25, 0.3) is 0 Å². The van der Waals surface area contributed by atoms with Crippen molar-refractivity contribution in [2.45, 2.75) is 20.5 Å². The number of anilines is 2. The van der Waals surface area contributed by atoms with Gasteiger partial charge in [0.2, 0.25) is 11.8 Å². The second-order valence-corrected chi connectivity index (χ2v) is 7.19. The Labute approximate surface area is 187 Å². The highest BCUT2D eigenvalue weighted by molar-refractivity contribution is 6.32. The fourth-order valence-electron chi connectivity index (χ4n) is 2.91. The van der Waals surface area contributed by atoms with Crippen molar-refractivity contribution in [1.29, 1.82) is 0 Å². The van der Waals surface area contributed by atoms with Crippen LogP contribution in [0.25, 0.3) is 0 Å². The van der Waals surface area contributed by atoms with Crippen molar-refractivity contribution in [3.05, 3.63) is 71.1 Å². The summed E-state index contributed by atoms with van der Waals surface area (Å²) in [4.78, 5) is 10.9. The summed E-state index contributed by atoms with van der Waals surface area (Å²) in [5.74, 6) is 1.12. The summed E-state index contributed by atoms with van der Waals surface area (Å²) >= 11 is 6.34. The molecule has 1 heterocycles. The van der Waals surface area contributed by atoms with Crippen molar-refractivity contribution in [2.24, 2.45) is 0 Å². The van der Waals surface area contributed by atoms with E-state index in [0.717, 1.165) is 25.2 Å². The van der Waals surface area contributed by atoms with Gasteiger partial charge in [-0.1, -0.05) is 37.6 Å². The molecular weight excluding hydrogens is 419 g/mol. The molecule has 0 bridgehead atoms. The number of hydrogen-bond donors (Lipinski definition) is 1. The first-order valence-electron chi connectivity index (χ1n) is 10.2. The van der Waals surface area contributed by atoms with E-state index in [0.29, 0.717) is 34.9 Å². The summed E-state index contributed by atoms with van der Waals surface area (Å²) in [5.41, 5.74) is 1.44. The van der Waals surface area contributed by atoms with Crippen LogP contribution in [0, 0.1) is 5.82 Å². The van der Waals surface area contributed by atoms with Gasteiger partial charge in [0.1, 0.15) is 24.8 Å². The zero-order chi connectivity index (χ0) is 22.1. The fraction of sp³-hybridized carbons (Fsp3) is 0.304. The van der Waals surface area contributed by atoms with Gasteiger partial charge >= 0.3 is 0 Å². The Morgan fingerprint density at radius 3 is 2.65 bits per heavy atom. The number of nitrogens with one attached hydrogen (secondary N) is 1. The first kappa shape index (κ1) is 22.8. The van der Waals surface area contributed by atoms with E-state index in [2.05, 4.69) is 34.0 Å². The molecule has 0 spiro atoms. The van der Waals surface area contributed by atoms with Crippen molar-refractivity contribution >= 4 is 23.2 Å². The lowest BCUT2D eigenvalue weighted by molar-refractivity contribution is 0.218. The molecule has 8 heteroatoms. The molecule has 31 heavy (non-hydrogen) atoms. The van der Waals surface area contributed by atoms with Gasteiger partial charge < -0.3 is 19.7 Å². The molecule has 0 unspecified atom stereocenters. The van der Waals surface area contributed by atoms with Crippen LogP contribution in [0.15, 0.2) is 54.7 Å². The fourth-order valence-corrected chi connectivity index (χ4v) is 3.15. The average Bonchev–Trinajstić information content (AvgIpc) is 2.76. The van der Waals surface area contributed by atoms with Crippen LogP contribution in [0.1, 0.15) is 19.4 Å². The van der Waals surface area contributed by atoms with Crippen molar-refractivity contribution in [3.8, 4) is 11.6 Å². The average molecular weight is 445 g/mol. The molecule has 1 aromatic heterocycles. The van der Waals surface area contributed by atoms with Crippen LogP contribution < -0.4 is 14.8 Å². The zero-order valence-corrected chi connectivity index (χ0v) is 18.4. The highest BCUT2D eigenvalue weighted by Gasteiger charge is 2.07. The number of likely N-dealkylation sites (N-methyl/N-ethyl adjacent to an activating group) is 1. The maximum absolute atomic E-state index is 13.3. The number of benzene rings is 2. The Bertz CT molecular complexity index is 985. The molecule has 0 aliphatic heterocycles. The summed E-state index contributed by atoms with van der Waals surface area (Å²) < 4.78 is 24.7. The molecule has 3 rings (SSSR count). The quantitative estimate of drug-likeness (QED) is 0.432. The lowest BCUT2D eigenvalue weighted by atomic mass is 10.2. The summed E-state index contributed by atoms with van der Waals surface area (Å²) in [6.45, 7) is 7.84. The molecule has 3 aromatic rings. The summed E-state index contributed by atoms with van der Waals surface area (Å²) in [6.07, 6.45) is 1.64. The smallest absolute Gasteiger partial charge is 0.230 e. The molecule has 0 fully saturated rings. The van der Waals surface area contributed by atoms with E-state index in [4.69, 9.17) is 21.1 Å². The van der Waals surface area contributed by atoms with Gasteiger partial charge in [0, 0.05) is 24.5 Å².